The highest BCUT2D eigenvalue weighted by molar-refractivity contribution is 5.50. The largest absolute Gasteiger partial charge is 0.494 e. The van der Waals surface area contributed by atoms with Gasteiger partial charge in [0, 0.05) is 41.5 Å². The summed E-state index contributed by atoms with van der Waals surface area (Å²) in [5.41, 5.74) is 7.88. The molecule has 0 radical (unpaired) electrons. The van der Waals surface area contributed by atoms with E-state index in [0.29, 0.717) is 133 Å². The van der Waals surface area contributed by atoms with Gasteiger partial charge in [0.15, 0.2) is 0 Å². The zero-order valence-electron chi connectivity index (χ0n) is 49.1. The Labute approximate surface area is 478 Å². The molecule has 432 valence electrons. The Hall–Kier alpha value is -8.26. The number of ether oxygens (including phenoxy) is 14. The van der Waals surface area contributed by atoms with E-state index in [1.807, 2.05) is 191 Å². The van der Waals surface area contributed by atoms with Crippen LogP contribution in [0.1, 0.15) is 105 Å². The molecule has 0 saturated heterocycles. The fraction of sp³-hybridized carbons (Fsp3) is 0.373. The Bertz CT molecular complexity index is 2650. The van der Waals surface area contributed by atoms with Gasteiger partial charge in [0.05, 0.1) is 52.9 Å². The summed E-state index contributed by atoms with van der Waals surface area (Å²) in [6.07, 6.45) is 0. The van der Waals surface area contributed by atoms with Crippen LogP contribution in [0, 0.1) is 20.8 Å². The zero-order valence-corrected chi connectivity index (χ0v) is 49.1. The van der Waals surface area contributed by atoms with Gasteiger partial charge in [0.25, 0.3) is 0 Å². The van der Waals surface area contributed by atoms with E-state index in [0.717, 1.165) is 50.1 Å². The van der Waals surface area contributed by atoms with Crippen molar-refractivity contribution in [3.05, 3.63) is 165 Å². The van der Waals surface area contributed by atoms with Gasteiger partial charge in [-0.15, -0.1) is 0 Å². The highest BCUT2D eigenvalue weighted by atomic mass is 16.5. The second-order valence-electron chi connectivity index (χ2n) is 18.9. The van der Waals surface area contributed by atoms with E-state index in [1.54, 1.807) is 0 Å². The van der Waals surface area contributed by atoms with Gasteiger partial charge in [-0.3, -0.25) is 0 Å². The van der Waals surface area contributed by atoms with Gasteiger partial charge in [0.2, 0.25) is 0 Å². The maximum Gasteiger partial charge on any atom is 0.126 e. The van der Waals surface area contributed by atoms with Crippen molar-refractivity contribution in [2.45, 2.75) is 116 Å². The number of hydrogen-bond donors (Lipinski definition) is 0. The van der Waals surface area contributed by atoms with E-state index >= 15 is 0 Å². The molecule has 14 heteroatoms. The molecule has 7 aromatic carbocycles. The smallest absolute Gasteiger partial charge is 0.126 e. The summed E-state index contributed by atoms with van der Waals surface area (Å²) in [4.78, 5) is 0. The number of rotatable bonds is 34. The van der Waals surface area contributed by atoms with Crippen molar-refractivity contribution in [1.82, 2.24) is 0 Å². The van der Waals surface area contributed by atoms with E-state index in [1.165, 1.54) is 0 Å². The minimum absolute atomic E-state index is 0.205. The molecular formula is C67H80O14. The molecule has 0 amide bonds. The Morgan fingerprint density at radius 1 is 0.198 bits per heavy atom. The fourth-order valence-corrected chi connectivity index (χ4v) is 8.91. The minimum atomic E-state index is 0.205. The summed E-state index contributed by atoms with van der Waals surface area (Å²) in [7, 11) is 0. The van der Waals surface area contributed by atoms with Crippen LogP contribution in [-0.4, -0.2) is 52.9 Å². The van der Waals surface area contributed by atoms with Crippen molar-refractivity contribution < 1.29 is 66.3 Å². The molecule has 0 fully saturated rings. The third kappa shape index (κ3) is 18.4. The predicted octanol–water partition coefficient (Wildman–Crippen LogP) is 15.3. The van der Waals surface area contributed by atoms with Crippen molar-refractivity contribution in [2.24, 2.45) is 0 Å². The Kier molecular flexibility index (Phi) is 23.1. The summed E-state index contributed by atoms with van der Waals surface area (Å²) >= 11 is 0. The lowest BCUT2D eigenvalue weighted by atomic mass is 10.1. The molecule has 0 atom stereocenters. The molecule has 14 nitrogen and oxygen atoms in total. The first-order valence-corrected chi connectivity index (χ1v) is 28.1. The second kappa shape index (κ2) is 30.9. The summed E-state index contributed by atoms with van der Waals surface area (Å²) in [6, 6.07) is 37.1. The first-order chi connectivity index (χ1) is 39.4. The van der Waals surface area contributed by atoms with Crippen molar-refractivity contribution in [1.29, 1.82) is 0 Å². The third-order valence-electron chi connectivity index (χ3n) is 12.4. The summed E-state index contributed by atoms with van der Waals surface area (Å²) in [5.74, 6) is 9.53. The topological polar surface area (TPSA) is 129 Å². The van der Waals surface area contributed by atoms with Crippen LogP contribution < -0.4 is 66.3 Å². The zero-order chi connectivity index (χ0) is 57.5. The summed E-state index contributed by atoms with van der Waals surface area (Å²) in [5, 5.41) is 0. The van der Waals surface area contributed by atoms with Crippen LogP contribution in [0.2, 0.25) is 0 Å². The maximum atomic E-state index is 6.60. The van der Waals surface area contributed by atoms with Crippen molar-refractivity contribution >= 4 is 0 Å². The quantitative estimate of drug-likeness (QED) is 0.0379. The fourth-order valence-electron chi connectivity index (χ4n) is 8.91. The van der Waals surface area contributed by atoms with Crippen LogP contribution in [0.15, 0.2) is 115 Å². The van der Waals surface area contributed by atoms with E-state index in [4.69, 9.17) is 66.3 Å². The number of benzene rings is 7. The lowest BCUT2D eigenvalue weighted by Crippen LogP contribution is -2.05. The predicted molar refractivity (Wildman–Crippen MR) is 315 cm³/mol. The minimum Gasteiger partial charge on any atom is -0.494 e. The van der Waals surface area contributed by atoms with E-state index < -0.39 is 0 Å². The molecular weight excluding hydrogens is 1030 g/mol. The number of aryl methyl sites for hydroxylation is 1. The average Bonchev–Trinajstić information content (AvgIpc) is 3.44. The highest BCUT2D eigenvalue weighted by Crippen LogP contribution is 2.37. The third-order valence-corrected chi connectivity index (χ3v) is 12.4. The number of hydrogen-bond acceptors (Lipinski definition) is 14. The SMILES string of the molecule is CCOc1cc(COc2cc(COc3cc(C)cc(OCc4cc(OCc5cc(OCC)cc(OCC)c5)c(C)c(OCc5cc(OCC)cc(OCC)c5)c4)c3)cc(OCc3cc(OCC)cc(OCC)c3)c2C)cc(OCC)c1. The molecule has 0 aliphatic rings. The standard InChI is InChI=1S/C67H80O14/c1-12-68-56-22-48(23-57(35-56)69-13-2)41-78-64-30-52(31-65(46(64)10)79-42-49-24-58(70-14-3)36-59(25-49)71-15-4)39-76-54-20-45(9)21-55(34-54)77-40-53-32-66(80-43-50-26-60(72-16-5)37-61(27-50)73-17-6)47(11)67(33-53)81-44-51-28-62(74-18-7)38-63(29-51)75-19-8/h20-38H,12-19,39-44H2,1-11H3. The van der Waals surface area contributed by atoms with Crippen LogP contribution in [0.25, 0.3) is 0 Å². The Morgan fingerprint density at radius 3 is 0.568 bits per heavy atom. The maximum absolute atomic E-state index is 6.60. The van der Waals surface area contributed by atoms with Gasteiger partial charge < -0.3 is 66.3 Å². The lowest BCUT2D eigenvalue weighted by molar-refractivity contribution is 0.271. The first-order valence-electron chi connectivity index (χ1n) is 28.1. The molecule has 7 rings (SSSR count). The molecule has 0 heterocycles. The summed E-state index contributed by atoms with van der Waals surface area (Å²) in [6.45, 7) is 27.3. The van der Waals surface area contributed by atoms with Gasteiger partial charge in [-0.25, -0.2) is 0 Å². The molecule has 0 aliphatic carbocycles. The van der Waals surface area contributed by atoms with Crippen LogP contribution in [-0.2, 0) is 39.6 Å². The Morgan fingerprint density at radius 2 is 0.370 bits per heavy atom. The molecule has 0 unspecified atom stereocenters. The van der Waals surface area contributed by atoms with Crippen LogP contribution in [0.4, 0.5) is 0 Å². The van der Waals surface area contributed by atoms with Crippen molar-refractivity contribution in [2.75, 3.05) is 52.9 Å². The Balaban J connectivity index is 1.13. The highest BCUT2D eigenvalue weighted by Gasteiger charge is 2.17. The molecule has 0 N–H and O–H groups in total. The van der Waals surface area contributed by atoms with Gasteiger partial charge in [0.1, 0.15) is 120 Å². The normalized spacial score (nSPS) is 10.9. The van der Waals surface area contributed by atoms with Crippen LogP contribution >= 0.6 is 0 Å². The van der Waals surface area contributed by atoms with Gasteiger partial charge in [-0.1, -0.05) is 0 Å². The van der Waals surface area contributed by atoms with Crippen LogP contribution in [0.3, 0.4) is 0 Å². The van der Waals surface area contributed by atoms with E-state index in [-0.39, 0.29) is 39.6 Å². The molecule has 0 bridgehead atoms. The average molecular weight is 1110 g/mol. The van der Waals surface area contributed by atoms with E-state index in [2.05, 4.69) is 0 Å². The van der Waals surface area contributed by atoms with Crippen molar-refractivity contribution in [3.8, 4) is 80.5 Å². The molecule has 0 saturated carbocycles. The molecule has 0 spiro atoms. The second-order valence-corrected chi connectivity index (χ2v) is 18.9. The van der Waals surface area contributed by atoms with Crippen LogP contribution in [0.5, 0.6) is 80.5 Å². The molecule has 81 heavy (non-hydrogen) atoms. The van der Waals surface area contributed by atoms with Gasteiger partial charge in [-0.05, 0) is 200 Å². The van der Waals surface area contributed by atoms with Crippen molar-refractivity contribution in [3.63, 3.8) is 0 Å². The monoisotopic (exact) mass is 1110 g/mol. The molecule has 0 aromatic heterocycles. The summed E-state index contributed by atoms with van der Waals surface area (Å²) < 4.78 is 86.5. The van der Waals surface area contributed by atoms with E-state index in [9.17, 15) is 0 Å². The lowest BCUT2D eigenvalue weighted by Gasteiger charge is -2.19. The molecule has 7 aromatic rings. The van der Waals surface area contributed by atoms with Gasteiger partial charge >= 0.3 is 0 Å². The molecule has 0 aliphatic heterocycles. The van der Waals surface area contributed by atoms with Gasteiger partial charge in [-0.2, -0.15) is 0 Å². The first kappa shape index (κ1) is 60.4.